The summed E-state index contributed by atoms with van der Waals surface area (Å²) in [7, 11) is 0. The second kappa shape index (κ2) is 10.4. The highest BCUT2D eigenvalue weighted by atomic mass is 32.2. The highest BCUT2D eigenvalue weighted by Crippen LogP contribution is 2.27. The SMILES string of the molecule is CCn1c(SCC(=O)NN=Cc2ccccc2[N+](=O)[O-])nnc1-c1ccc(C(C)(C)C)cc1. The smallest absolute Gasteiger partial charge is 0.278 e. The van der Waals surface area contributed by atoms with E-state index in [1.807, 2.05) is 23.6 Å². The van der Waals surface area contributed by atoms with Crippen LogP contribution < -0.4 is 5.43 Å². The maximum Gasteiger partial charge on any atom is 0.278 e. The lowest BCUT2D eigenvalue weighted by Crippen LogP contribution is -2.20. The van der Waals surface area contributed by atoms with Crippen molar-refractivity contribution < 1.29 is 9.72 Å². The van der Waals surface area contributed by atoms with Crippen molar-refractivity contribution in [1.82, 2.24) is 20.2 Å². The van der Waals surface area contributed by atoms with Gasteiger partial charge in [-0.25, -0.2) is 5.43 Å². The molecule has 0 spiro atoms. The minimum absolute atomic E-state index is 0.0687. The van der Waals surface area contributed by atoms with Gasteiger partial charge in [-0.2, -0.15) is 5.10 Å². The van der Waals surface area contributed by atoms with Crippen LogP contribution in [0.3, 0.4) is 0 Å². The Kier molecular flexibility index (Phi) is 7.59. The van der Waals surface area contributed by atoms with Gasteiger partial charge in [-0.05, 0) is 24.0 Å². The molecule has 0 aliphatic carbocycles. The van der Waals surface area contributed by atoms with Crippen LogP contribution in [0.1, 0.15) is 38.8 Å². The predicted octanol–water partition coefficient (Wildman–Crippen LogP) is 4.41. The van der Waals surface area contributed by atoms with Crippen LogP contribution >= 0.6 is 11.8 Å². The fourth-order valence-corrected chi connectivity index (χ4v) is 3.91. The zero-order valence-electron chi connectivity index (χ0n) is 19.0. The number of aromatic nitrogens is 3. The Balaban J connectivity index is 1.63. The number of nitrogens with zero attached hydrogens (tertiary/aromatic N) is 5. The van der Waals surface area contributed by atoms with Gasteiger partial charge in [0.1, 0.15) is 0 Å². The van der Waals surface area contributed by atoms with Crippen LogP contribution in [0, 0.1) is 10.1 Å². The largest absolute Gasteiger partial charge is 0.302 e. The van der Waals surface area contributed by atoms with Crippen molar-refractivity contribution >= 4 is 29.6 Å². The minimum atomic E-state index is -0.495. The lowest BCUT2D eigenvalue weighted by atomic mass is 9.87. The molecule has 3 rings (SSSR count). The maximum absolute atomic E-state index is 12.2. The summed E-state index contributed by atoms with van der Waals surface area (Å²) in [6.45, 7) is 9.16. The maximum atomic E-state index is 12.2. The number of hydrogen-bond donors (Lipinski definition) is 1. The van der Waals surface area contributed by atoms with Gasteiger partial charge in [-0.15, -0.1) is 10.2 Å². The van der Waals surface area contributed by atoms with Gasteiger partial charge in [0.15, 0.2) is 11.0 Å². The Bertz CT molecular complexity index is 1170. The number of amides is 1. The molecule has 0 radical (unpaired) electrons. The summed E-state index contributed by atoms with van der Waals surface area (Å²) in [5.41, 5.74) is 4.89. The van der Waals surface area contributed by atoms with Crippen molar-refractivity contribution in [1.29, 1.82) is 0 Å². The Morgan fingerprint density at radius 3 is 2.52 bits per heavy atom. The van der Waals surface area contributed by atoms with Crippen LogP contribution in [0.25, 0.3) is 11.4 Å². The van der Waals surface area contributed by atoms with E-state index in [-0.39, 0.29) is 22.8 Å². The highest BCUT2D eigenvalue weighted by molar-refractivity contribution is 7.99. The molecule has 3 aromatic rings. The number of hydrogen-bond acceptors (Lipinski definition) is 7. The molecule has 0 bridgehead atoms. The van der Waals surface area contributed by atoms with Gasteiger partial charge in [0.05, 0.1) is 22.5 Å². The monoisotopic (exact) mass is 466 g/mol. The number of rotatable bonds is 8. The van der Waals surface area contributed by atoms with Crippen molar-refractivity contribution in [3.63, 3.8) is 0 Å². The molecular formula is C23H26N6O3S. The number of para-hydroxylation sites is 1. The average Bonchev–Trinajstić information content (AvgIpc) is 3.20. The van der Waals surface area contributed by atoms with E-state index >= 15 is 0 Å². The first-order valence-electron chi connectivity index (χ1n) is 10.4. The highest BCUT2D eigenvalue weighted by Gasteiger charge is 2.17. The van der Waals surface area contributed by atoms with Crippen LogP contribution in [0.4, 0.5) is 5.69 Å². The Hall–Kier alpha value is -3.53. The summed E-state index contributed by atoms with van der Waals surface area (Å²) in [6.07, 6.45) is 1.26. The number of nitrogens with one attached hydrogen (secondary N) is 1. The summed E-state index contributed by atoms with van der Waals surface area (Å²) in [6, 6.07) is 14.4. The topological polar surface area (TPSA) is 115 Å². The molecule has 0 unspecified atom stereocenters. The van der Waals surface area contributed by atoms with Crippen LogP contribution in [0.5, 0.6) is 0 Å². The third-order valence-electron chi connectivity index (χ3n) is 4.90. The molecule has 0 saturated heterocycles. The molecule has 0 saturated carbocycles. The quantitative estimate of drug-likeness (QED) is 0.227. The van der Waals surface area contributed by atoms with Crippen molar-refractivity contribution in [2.45, 2.75) is 44.8 Å². The molecular weight excluding hydrogens is 440 g/mol. The molecule has 172 valence electrons. The first-order chi connectivity index (χ1) is 15.7. The average molecular weight is 467 g/mol. The molecule has 0 atom stereocenters. The van der Waals surface area contributed by atoms with E-state index in [4.69, 9.17) is 0 Å². The molecule has 0 aliphatic heterocycles. The summed E-state index contributed by atoms with van der Waals surface area (Å²) >= 11 is 1.25. The molecule has 1 amide bonds. The summed E-state index contributed by atoms with van der Waals surface area (Å²) in [4.78, 5) is 22.7. The second-order valence-corrected chi connectivity index (χ2v) is 9.22. The molecule has 1 N–H and O–H groups in total. The van der Waals surface area contributed by atoms with E-state index in [1.165, 1.54) is 29.6 Å². The van der Waals surface area contributed by atoms with Crippen molar-refractivity contribution in [3.05, 3.63) is 69.8 Å². The normalized spacial score (nSPS) is 11.6. The van der Waals surface area contributed by atoms with E-state index in [0.29, 0.717) is 17.3 Å². The Labute approximate surface area is 196 Å². The second-order valence-electron chi connectivity index (χ2n) is 8.28. The molecule has 10 heteroatoms. The molecule has 1 heterocycles. The third-order valence-corrected chi connectivity index (χ3v) is 5.87. The molecule has 0 aliphatic rings. The lowest BCUT2D eigenvalue weighted by Gasteiger charge is -2.19. The predicted molar refractivity (Wildman–Crippen MR) is 129 cm³/mol. The van der Waals surface area contributed by atoms with Gasteiger partial charge in [-0.1, -0.05) is 68.9 Å². The summed E-state index contributed by atoms with van der Waals surface area (Å²) in [5.74, 6) is 0.474. The van der Waals surface area contributed by atoms with E-state index < -0.39 is 4.92 Å². The molecule has 33 heavy (non-hydrogen) atoms. The van der Waals surface area contributed by atoms with Crippen LogP contribution in [0.15, 0.2) is 58.8 Å². The first-order valence-corrected chi connectivity index (χ1v) is 11.4. The number of nitro groups is 1. The number of carbonyl (C=O) groups excluding carboxylic acids is 1. The van der Waals surface area contributed by atoms with Crippen molar-refractivity contribution in [2.75, 3.05) is 5.75 Å². The number of hydrazone groups is 1. The number of thioether (sulfide) groups is 1. The molecule has 0 fully saturated rings. The molecule has 1 aromatic heterocycles. The Morgan fingerprint density at radius 1 is 1.18 bits per heavy atom. The Morgan fingerprint density at radius 2 is 1.88 bits per heavy atom. The number of benzene rings is 2. The van der Waals surface area contributed by atoms with E-state index in [1.54, 1.807) is 18.2 Å². The number of nitro benzene ring substituents is 1. The van der Waals surface area contributed by atoms with Crippen LogP contribution in [-0.2, 0) is 16.8 Å². The molecule has 2 aromatic carbocycles. The summed E-state index contributed by atoms with van der Waals surface area (Å²) in [5, 5.41) is 24.1. The van der Waals surface area contributed by atoms with E-state index in [2.05, 4.69) is 53.6 Å². The first kappa shape index (κ1) is 24.1. The van der Waals surface area contributed by atoms with Gasteiger partial charge in [0.25, 0.3) is 11.6 Å². The van der Waals surface area contributed by atoms with E-state index in [9.17, 15) is 14.9 Å². The minimum Gasteiger partial charge on any atom is -0.302 e. The van der Waals surface area contributed by atoms with E-state index in [0.717, 1.165) is 11.4 Å². The van der Waals surface area contributed by atoms with Crippen molar-refractivity contribution in [3.8, 4) is 11.4 Å². The van der Waals surface area contributed by atoms with Gasteiger partial charge in [0, 0.05) is 18.2 Å². The standard InChI is InChI=1S/C23H26N6O3S/c1-5-28-21(16-10-12-18(13-11-16)23(2,3)4)26-27-22(28)33-15-20(30)25-24-14-17-8-6-7-9-19(17)29(31)32/h6-14H,5,15H2,1-4H3,(H,25,30). The van der Waals surface area contributed by atoms with Crippen molar-refractivity contribution in [2.24, 2.45) is 5.10 Å². The van der Waals surface area contributed by atoms with Gasteiger partial charge < -0.3 is 4.57 Å². The zero-order valence-corrected chi connectivity index (χ0v) is 19.8. The van der Waals surface area contributed by atoms with Gasteiger partial charge in [-0.3, -0.25) is 14.9 Å². The fourth-order valence-electron chi connectivity index (χ4n) is 3.11. The summed E-state index contributed by atoms with van der Waals surface area (Å²) < 4.78 is 1.96. The van der Waals surface area contributed by atoms with Crippen LogP contribution in [0.2, 0.25) is 0 Å². The molecule has 9 nitrogen and oxygen atoms in total. The zero-order chi connectivity index (χ0) is 24.0. The lowest BCUT2D eigenvalue weighted by molar-refractivity contribution is -0.385. The fraction of sp³-hybridized carbons (Fsp3) is 0.304. The van der Waals surface area contributed by atoms with Gasteiger partial charge >= 0.3 is 0 Å². The number of carbonyl (C=O) groups is 1. The van der Waals surface area contributed by atoms with Crippen LogP contribution in [-0.4, -0.2) is 37.6 Å². The third kappa shape index (κ3) is 6.04. The van der Waals surface area contributed by atoms with Gasteiger partial charge in [0.2, 0.25) is 0 Å².